The number of rotatable bonds is 8. The number of hydrogen-bond donors (Lipinski definition) is 3. The topological polar surface area (TPSA) is 179 Å². The largest absolute Gasteiger partial charge is 0.455 e. The molecule has 2 aromatic rings. The van der Waals surface area contributed by atoms with E-state index in [1.165, 1.54) is 13.8 Å². The van der Waals surface area contributed by atoms with Gasteiger partial charge in [0.2, 0.25) is 5.91 Å². The number of ether oxygens (including phenoxy) is 4. The van der Waals surface area contributed by atoms with E-state index in [4.69, 9.17) is 18.9 Å². The molecule has 56 heavy (non-hydrogen) atoms. The molecule has 2 aromatic heterocycles. The summed E-state index contributed by atoms with van der Waals surface area (Å²) in [6.07, 6.45) is -1.98. The molecule has 3 saturated heterocycles. The number of aliphatic hydroxyl groups excluding tert-OH is 1. The summed E-state index contributed by atoms with van der Waals surface area (Å²) in [5.41, 5.74) is -4.37. The van der Waals surface area contributed by atoms with E-state index < -0.39 is 82.9 Å². The van der Waals surface area contributed by atoms with Crippen LogP contribution in [-0.2, 0) is 44.5 Å². The normalized spacial score (nSPS) is 36.8. The van der Waals surface area contributed by atoms with Gasteiger partial charge >= 0.3 is 12.1 Å². The van der Waals surface area contributed by atoms with Gasteiger partial charge < -0.3 is 34.7 Å². The summed E-state index contributed by atoms with van der Waals surface area (Å²) >= 11 is 1.55. The molecule has 308 valence electrons. The van der Waals surface area contributed by atoms with Gasteiger partial charge in [0.25, 0.3) is 5.67 Å². The van der Waals surface area contributed by atoms with Gasteiger partial charge in [-0.05, 0) is 68.0 Å². The maximum absolute atomic E-state index is 16.8. The van der Waals surface area contributed by atoms with E-state index in [1.807, 2.05) is 37.4 Å². The number of thiophene rings is 1. The van der Waals surface area contributed by atoms with Crippen LogP contribution in [0.25, 0.3) is 10.4 Å². The second kappa shape index (κ2) is 17.0. The Morgan fingerprint density at radius 1 is 1.09 bits per heavy atom. The van der Waals surface area contributed by atoms with Crippen molar-refractivity contribution in [3.63, 3.8) is 0 Å². The number of halogens is 1. The molecule has 13 nitrogen and oxygen atoms in total. The molecule has 0 bridgehead atoms. The van der Waals surface area contributed by atoms with Crippen molar-refractivity contribution in [2.75, 3.05) is 6.54 Å². The van der Waals surface area contributed by atoms with Crippen LogP contribution in [0.2, 0.25) is 0 Å². The third-order valence-corrected chi connectivity index (χ3v) is 12.7. The van der Waals surface area contributed by atoms with Crippen LogP contribution in [0.3, 0.4) is 0 Å². The molecule has 4 unspecified atom stereocenters. The smallest absolute Gasteiger partial charge is 0.408 e. The molecule has 3 aliphatic rings. The van der Waals surface area contributed by atoms with E-state index in [2.05, 4.69) is 15.6 Å². The first-order chi connectivity index (χ1) is 26.1. The fourth-order valence-electron chi connectivity index (χ4n) is 8.72. The summed E-state index contributed by atoms with van der Waals surface area (Å²) in [7, 11) is 0. The molecule has 5 rings (SSSR count). The number of esters is 1. The molecule has 0 spiro atoms. The third-order valence-electron chi connectivity index (χ3n) is 11.7. The quantitative estimate of drug-likeness (QED) is 0.231. The number of nitrogens with one attached hydrogen (secondary N) is 2. The van der Waals surface area contributed by atoms with E-state index in [0.29, 0.717) is 12.0 Å². The van der Waals surface area contributed by atoms with Gasteiger partial charge in [0, 0.05) is 53.6 Å². The van der Waals surface area contributed by atoms with Gasteiger partial charge in [-0.25, -0.2) is 14.0 Å². The molecule has 12 atom stereocenters. The number of carbonyl (C=O) groups is 5. The maximum Gasteiger partial charge on any atom is 0.408 e. The number of nitrogens with zero attached hydrogens (tertiary/aromatic N) is 1. The van der Waals surface area contributed by atoms with Gasteiger partial charge in [-0.15, -0.1) is 11.3 Å². The van der Waals surface area contributed by atoms with Crippen LogP contribution in [0.4, 0.5) is 9.18 Å². The number of hydrogen-bond acceptors (Lipinski definition) is 12. The lowest BCUT2D eigenvalue weighted by Crippen LogP contribution is -2.59. The Kier molecular flexibility index (Phi) is 13.1. The maximum atomic E-state index is 16.8. The number of cyclic esters (lactones) is 1. The molecule has 2 amide bonds. The van der Waals surface area contributed by atoms with Crippen LogP contribution >= 0.6 is 11.3 Å². The van der Waals surface area contributed by atoms with Crippen LogP contribution in [0.15, 0.2) is 36.0 Å². The first kappa shape index (κ1) is 43.3. The summed E-state index contributed by atoms with van der Waals surface area (Å²) in [6, 6.07) is 4.71. The van der Waals surface area contributed by atoms with Gasteiger partial charge in [-0.3, -0.25) is 19.4 Å². The summed E-state index contributed by atoms with van der Waals surface area (Å²) < 4.78 is 40.8. The third kappa shape index (κ3) is 9.16. The lowest BCUT2D eigenvalue weighted by atomic mass is 9.69. The highest BCUT2D eigenvalue weighted by atomic mass is 32.1. The Bertz CT molecular complexity index is 1770. The van der Waals surface area contributed by atoms with E-state index in [1.54, 1.807) is 51.4 Å². The number of alkyl carbamates (subject to hydrolysis) is 1. The molecular formula is C41H56FN3O10S. The summed E-state index contributed by atoms with van der Waals surface area (Å²) in [5.74, 6) is -6.27. The summed E-state index contributed by atoms with van der Waals surface area (Å²) in [4.78, 5) is 73.6. The average molecular weight is 802 g/mol. The van der Waals surface area contributed by atoms with Crippen LogP contribution < -0.4 is 10.6 Å². The number of aromatic nitrogens is 1. The molecule has 5 heterocycles. The monoisotopic (exact) mass is 801 g/mol. The molecular weight excluding hydrogens is 746 g/mol. The minimum Gasteiger partial charge on any atom is -0.455 e. The van der Waals surface area contributed by atoms with Gasteiger partial charge in [0.1, 0.15) is 18.0 Å². The van der Waals surface area contributed by atoms with Crippen molar-refractivity contribution in [3.05, 3.63) is 41.5 Å². The van der Waals surface area contributed by atoms with E-state index in [0.717, 1.165) is 17.4 Å². The average Bonchev–Trinajstić information content (AvgIpc) is 3.78. The van der Waals surface area contributed by atoms with Crippen molar-refractivity contribution in [2.24, 2.45) is 29.1 Å². The SMILES string of the molecule is CC1CC(C)C(O)C(O[C@@H]2[C@@H](C)C(=O)[C@](C)(F)C(=O)O[C@H](CCNC(=O)Cc3cncc(-c4cccs4)c3)[C@@]3(C)OC(=O)N[C@@H]3[C@@H](C)C(=O)[C@H](C)CC2(C)C)O1. The number of alkyl halides is 1. The Hall–Kier alpha value is -3.79. The van der Waals surface area contributed by atoms with Crippen molar-refractivity contribution in [1.29, 1.82) is 0 Å². The van der Waals surface area contributed by atoms with E-state index in [9.17, 15) is 29.1 Å². The number of fused-ring (bicyclic) bond motifs is 1. The lowest BCUT2D eigenvalue weighted by molar-refractivity contribution is -0.284. The lowest BCUT2D eigenvalue weighted by Gasteiger charge is -2.45. The van der Waals surface area contributed by atoms with Gasteiger partial charge in [-0.1, -0.05) is 47.6 Å². The fraction of sp³-hybridized carbons (Fsp3) is 0.659. The molecule has 3 N–H and O–H groups in total. The van der Waals surface area contributed by atoms with Crippen molar-refractivity contribution in [2.45, 2.75) is 136 Å². The minimum absolute atomic E-state index is 0.00813. The predicted octanol–water partition coefficient (Wildman–Crippen LogP) is 5.36. The van der Waals surface area contributed by atoms with Crippen LogP contribution in [0.5, 0.6) is 0 Å². The van der Waals surface area contributed by atoms with Crippen LogP contribution in [0, 0.1) is 29.1 Å². The zero-order chi connectivity index (χ0) is 41.3. The number of carbonyl (C=O) groups excluding carboxylic acids is 5. The molecule has 0 radical (unpaired) electrons. The van der Waals surface area contributed by atoms with Gasteiger partial charge in [-0.2, -0.15) is 0 Å². The predicted molar refractivity (Wildman–Crippen MR) is 205 cm³/mol. The van der Waals surface area contributed by atoms with Crippen molar-refractivity contribution in [3.8, 4) is 10.4 Å². The summed E-state index contributed by atoms with van der Waals surface area (Å²) in [6.45, 7) is 14.3. The van der Waals surface area contributed by atoms with E-state index >= 15 is 4.39 Å². The van der Waals surface area contributed by atoms with Crippen molar-refractivity contribution in [1.82, 2.24) is 15.6 Å². The first-order valence-electron chi connectivity index (χ1n) is 19.4. The number of Topliss-reactive ketones (excluding diaryl/α,β-unsaturated/α-hetero) is 2. The summed E-state index contributed by atoms with van der Waals surface area (Å²) in [5, 5.41) is 18.5. The molecule has 15 heteroatoms. The van der Waals surface area contributed by atoms with Crippen LogP contribution in [-0.4, -0.2) is 94.2 Å². The van der Waals surface area contributed by atoms with Crippen molar-refractivity contribution >= 4 is 40.9 Å². The molecule has 0 aliphatic carbocycles. The number of amides is 2. The second-order valence-electron chi connectivity index (χ2n) is 17.0. The number of ketones is 2. The molecule has 3 aliphatic heterocycles. The zero-order valence-electron chi connectivity index (χ0n) is 33.6. The van der Waals surface area contributed by atoms with E-state index in [-0.39, 0.29) is 49.5 Å². The van der Waals surface area contributed by atoms with Gasteiger partial charge in [0.15, 0.2) is 17.7 Å². The fourth-order valence-corrected chi connectivity index (χ4v) is 9.43. The highest BCUT2D eigenvalue weighted by molar-refractivity contribution is 7.13. The molecule has 3 fully saturated rings. The van der Waals surface area contributed by atoms with Crippen LogP contribution in [0.1, 0.15) is 87.1 Å². The number of aliphatic hydroxyl groups is 1. The van der Waals surface area contributed by atoms with Gasteiger partial charge in [0.05, 0.1) is 24.7 Å². The Labute approximate surface area is 331 Å². The minimum atomic E-state index is -3.20. The zero-order valence-corrected chi connectivity index (χ0v) is 34.4. The molecule has 0 saturated carbocycles. The highest BCUT2D eigenvalue weighted by Gasteiger charge is 2.59. The molecule has 0 aromatic carbocycles. The van der Waals surface area contributed by atoms with Crippen molar-refractivity contribution < 1.29 is 52.4 Å². The Balaban J connectivity index is 1.43. The second-order valence-corrected chi connectivity index (χ2v) is 17.9. The highest BCUT2D eigenvalue weighted by Crippen LogP contribution is 2.43. The Morgan fingerprint density at radius 3 is 2.48 bits per heavy atom. The Morgan fingerprint density at radius 2 is 1.80 bits per heavy atom. The number of pyridine rings is 1. The first-order valence-corrected chi connectivity index (χ1v) is 20.2. The standard InChI is InChI=1S/C41H56FN3O10S/c1-21-15-23(3)52-36(32(21)48)54-35-25(5)34(49)40(8,42)37(50)53-29(12-13-44-30(46)17-26-16-27(20-43-19-26)28-11-10-14-56-28)41(9)33(45-38(51)55-41)24(4)31(47)22(2)18-39(35,6)7/h10-11,14,16,19-25,29,32-33,35-36,48H,12-13,15,17-18H2,1-9H3,(H,44,46)(H,45,51)/t21?,22-,23?,24+,25+,29-,32?,33-,35-,36?,40+,41-/m1/s1.